The zero-order chi connectivity index (χ0) is 14.5. The average molecular weight is 274 g/mol. The van der Waals surface area contributed by atoms with Gasteiger partial charge in [-0.3, -0.25) is 0 Å². The molecule has 0 fully saturated rings. The lowest BCUT2D eigenvalue weighted by Crippen LogP contribution is -2.29. The van der Waals surface area contributed by atoms with Crippen molar-refractivity contribution in [3.05, 3.63) is 65.5 Å². The number of para-hydroxylation sites is 1. The van der Waals surface area contributed by atoms with Gasteiger partial charge in [0.15, 0.2) is 6.10 Å². The zero-order valence-electron chi connectivity index (χ0n) is 11.0. The Balaban J connectivity index is 2.14. The molecule has 0 bridgehead atoms. The van der Waals surface area contributed by atoms with E-state index in [1.165, 1.54) is 12.1 Å². The summed E-state index contributed by atoms with van der Waals surface area (Å²) >= 11 is 0. The van der Waals surface area contributed by atoms with Gasteiger partial charge in [-0.25, -0.2) is 9.18 Å². The first-order valence-corrected chi connectivity index (χ1v) is 6.26. The highest BCUT2D eigenvalue weighted by Crippen LogP contribution is 2.19. The number of hydrogen-bond acceptors (Lipinski definition) is 2. The molecule has 4 heteroatoms. The lowest BCUT2D eigenvalue weighted by molar-refractivity contribution is -0.145. The fraction of sp³-hybridized carbons (Fsp3) is 0.188. The van der Waals surface area contributed by atoms with Crippen LogP contribution in [0.5, 0.6) is 5.75 Å². The molecule has 0 aliphatic heterocycles. The molecule has 1 atom stereocenters. The molecular formula is C16H15FO3. The fourth-order valence-electron chi connectivity index (χ4n) is 1.86. The van der Waals surface area contributed by atoms with Gasteiger partial charge >= 0.3 is 5.97 Å². The summed E-state index contributed by atoms with van der Waals surface area (Å²) in [7, 11) is 0. The Morgan fingerprint density at radius 3 is 2.45 bits per heavy atom. The van der Waals surface area contributed by atoms with Gasteiger partial charge in [0.1, 0.15) is 11.6 Å². The molecule has 1 N–H and O–H groups in total. The number of rotatable bonds is 5. The van der Waals surface area contributed by atoms with Crippen LogP contribution < -0.4 is 4.74 Å². The van der Waals surface area contributed by atoms with Crippen LogP contribution in [-0.4, -0.2) is 17.2 Å². The number of hydrogen-bond donors (Lipinski definition) is 1. The first-order chi connectivity index (χ1) is 9.56. The van der Waals surface area contributed by atoms with Crippen LogP contribution in [0.1, 0.15) is 11.1 Å². The molecule has 0 aliphatic carbocycles. The first kappa shape index (κ1) is 14.1. The average Bonchev–Trinajstić information content (AvgIpc) is 2.42. The second-order valence-electron chi connectivity index (χ2n) is 4.54. The molecular weight excluding hydrogens is 259 g/mol. The van der Waals surface area contributed by atoms with Crippen molar-refractivity contribution in [2.75, 3.05) is 0 Å². The maximum absolute atomic E-state index is 12.8. The van der Waals surface area contributed by atoms with E-state index in [0.717, 1.165) is 5.56 Å². The van der Waals surface area contributed by atoms with Gasteiger partial charge in [-0.2, -0.15) is 0 Å². The van der Waals surface area contributed by atoms with Crippen LogP contribution in [0.2, 0.25) is 0 Å². The summed E-state index contributed by atoms with van der Waals surface area (Å²) in [6, 6.07) is 13.0. The van der Waals surface area contributed by atoms with Crippen LogP contribution in [0, 0.1) is 12.7 Å². The SMILES string of the molecule is Cc1ccccc1O[C@@H](Cc1ccc(F)cc1)C(=O)O. The van der Waals surface area contributed by atoms with Gasteiger partial charge in [0, 0.05) is 6.42 Å². The molecule has 0 saturated heterocycles. The van der Waals surface area contributed by atoms with Gasteiger partial charge in [-0.15, -0.1) is 0 Å². The summed E-state index contributed by atoms with van der Waals surface area (Å²) in [6.45, 7) is 1.85. The van der Waals surface area contributed by atoms with Crippen LogP contribution in [0.25, 0.3) is 0 Å². The van der Waals surface area contributed by atoms with E-state index >= 15 is 0 Å². The minimum absolute atomic E-state index is 0.184. The van der Waals surface area contributed by atoms with E-state index in [4.69, 9.17) is 4.74 Å². The summed E-state index contributed by atoms with van der Waals surface area (Å²) in [5, 5.41) is 9.24. The molecule has 0 aromatic heterocycles. The highest BCUT2D eigenvalue weighted by molar-refractivity contribution is 5.73. The second kappa shape index (κ2) is 6.19. The van der Waals surface area contributed by atoms with Crippen molar-refractivity contribution in [3.63, 3.8) is 0 Å². The minimum Gasteiger partial charge on any atom is -0.478 e. The molecule has 0 unspecified atom stereocenters. The molecule has 0 aliphatic rings. The van der Waals surface area contributed by atoms with Gasteiger partial charge in [-0.1, -0.05) is 30.3 Å². The summed E-state index contributed by atoms with van der Waals surface area (Å²) in [5.74, 6) is -0.847. The topological polar surface area (TPSA) is 46.5 Å². The number of aryl methyl sites for hydroxylation is 1. The molecule has 2 aromatic carbocycles. The summed E-state index contributed by atoms with van der Waals surface area (Å²) < 4.78 is 18.4. The Morgan fingerprint density at radius 2 is 1.85 bits per heavy atom. The third kappa shape index (κ3) is 3.57. The maximum Gasteiger partial charge on any atom is 0.345 e. The van der Waals surface area contributed by atoms with Crippen LogP contribution in [0.15, 0.2) is 48.5 Å². The van der Waals surface area contributed by atoms with Gasteiger partial charge in [0.05, 0.1) is 0 Å². The summed E-state index contributed by atoms with van der Waals surface area (Å²) in [6.07, 6.45) is -0.814. The molecule has 0 radical (unpaired) electrons. The van der Waals surface area contributed by atoms with Gasteiger partial charge in [0.2, 0.25) is 0 Å². The van der Waals surface area contributed by atoms with E-state index in [-0.39, 0.29) is 12.2 Å². The number of carboxylic acids is 1. The standard InChI is InChI=1S/C16H15FO3/c1-11-4-2-3-5-14(11)20-15(16(18)19)10-12-6-8-13(17)9-7-12/h2-9,15H,10H2,1H3,(H,18,19)/t15-/m0/s1. The lowest BCUT2D eigenvalue weighted by Gasteiger charge is -2.16. The monoisotopic (exact) mass is 274 g/mol. The molecule has 0 spiro atoms. The van der Waals surface area contributed by atoms with Crippen molar-refractivity contribution < 1.29 is 19.0 Å². The Kier molecular flexibility index (Phi) is 4.35. The van der Waals surface area contributed by atoms with Crippen molar-refractivity contribution in [2.45, 2.75) is 19.4 Å². The van der Waals surface area contributed by atoms with Crippen LogP contribution in [0.3, 0.4) is 0 Å². The molecule has 0 heterocycles. The molecule has 2 rings (SSSR count). The highest BCUT2D eigenvalue weighted by atomic mass is 19.1. The largest absolute Gasteiger partial charge is 0.478 e. The Hall–Kier alpha value is -2.36. The number of ether oxygens (including phenoxy) is 1. The molecule has 3 nitrogen and oxygen atoms in total. The zero-order valence-corrected chi connectivity index (χ0v) is 11.0. The number of halogens is 1. The lowest BCUT2D eigenvalue weighted by atomic mass is 10.1. The number of carboxylic acid groups (broad SMARTS) is 1. The van der Waals surface area contributed by atoms with Crippen molar-refractivity contribution in [1.82, 2.24) is 0 Å². The van der Waals surface area contributed by atoms with Crippen molar-refractivity contribution in [2.24, 2.45) is 0 Å². The van der Waals surface area contributed by atoms with Gasteiger partial charge < -0.3 is 9.84 Å². The van der Waals surface area contributed by atoms with E-state index in [1.807, 2.05) is 19.1 Å². The maximum atomic E-state index is 12.8. The molecule has 0 saturated carbocycles. The van der Waals surface area contributed by atoms with E-state index in [1.54, 1.807) is 24.3 Å². The molecule has 104 valence electrons. The highest BCUT2D eigenvalue weighted by Gasteiger charge is 2.20. The van der Waals surface area contributed by atoms with Crippen LogP contribution >= 0.6 is 0 Å². The van der Waals surface area contributed by atoms with Crippen LogP contribution in [-0.2, 0) is 11.2 Å². The molecule has 20 heavy (non-hydrogen) atoms. The minimum atomic E-state index is -1.04. The van der Waals surface area contributed by atoms with Crippen LogP contribution in [0.4, 0.5) is 4.39 Å². The van der Waals surface area contributed by atoms with E-state index in [0.29, 0.717) is 11.3 Å². The van der Waals surface area contributed by atoms with Gasteiger partial charge in [0.25, 0.3) is 0 Å². The number of carbonyl (C=O) groups is 1. The quantitative estimate of drug-likeness (QED) is 0.910. The van der Waals surface area contributed by atoms with E-state index in [9.17, 15) is 14.3 Å². The molecule has 2 aromatic rings. The predicted molar refractivity (Wildman–Crippen MR) is 73.3 cm³/mol. The Bertz CT molecular complexity index is 593. The van der Waals surface area contributed by atoms with Crippen molar-refractivity contribution in [1.29, 1.82) is 0 Å². The van der Waals surface area contributed by atoms with Crippen molar-refractivity contribution in [3.8, 4) is 5.75 Å². The fourth-order valence-corrected chi connectivity index (χ4v) is 1.86. The Morgan fingerprint density at radius 1 is 1.20 bits per heavy atom. The molecule has 0 amide bonds. The number of benzene rings is 2. The van der Waals surface area contributed by atoms with Gasteiger partial charge in [-0.05, 0) is 36.2 Å². The first-order valence-electron chi connectivity index (χ1n) is 6.26. The van der Waals surface area contributed by atoms with Crippen molar-refractivity contribution >= 4 is 5.97 Å². The number of aliphatic carboxylic acids is 1. The van der Waals surface area contributed by atoms with E-state index < -0.39 is 12.1 Å². The summed E-state index contributed by atoms with van der Waals surface area (Å²) in [5.41, 5.74) is 1.59. The second-order valence-corrected chi connectivity index (χ2v) is 4.54. The third-order valence-corrected chi connectivity index (χ3v) is 2.97. The smallest absolute Gasteiger partial charge is 0.345 e. The summed E-state index contributed by atoms with van der Waals surface area (Å²) in [4.78, 5) is 11.3. The normalized spacial score (nSPS) is 11.9. The predicted octanol–water partition coefficient (Wildman–Crippen LogP) is 3.21. The Labute approximate surface area is 116 Å². The van der Waals surface area contributed by atoms with E-state index in [2.05, 4.69) is 0 Å². The third-order valence-electron chi connectivity index (χ3n) is 2.97.